The molecule has 0 bridgehead atoms. The maximum absolute atomic E-state index is 13.0. The van der Waals surface area contributed by atoms with E-state index in [1.54, 1.807) is 6.07 Å². The number of amides is 2. The van der Waals surface area contributed by atoms with E-state index in [4.69, 9.17) is 0 Å². The number of carbonyl (C=O) groups excluding carboxylic acids is 1. The average molecular weight is 282 g/mol. The van der Waals surface area contributed by atoms with Crippen molar-refractivity contribution in [2.45, 2.75) is 45.3 Å². The number of aliphatic hydroxyl groups excluding tert-OH is 1. The first-order chi connectivity index (χ1) is 9.51. The lowest BCUT2D eigenvalue weighted by Crippen LogP contribution is -2.42. The highest BCUT2D eigenvalue weighted by Gasteiger charge is 2.08. The Morgan fingerprint density at radius 3 is 2.85 bits per heavy atom. The molecule has 0 aliphatic heterocycles. The molecule has 0 saturated carbocycles. The lowest BCUT2D eigenvalue weighted by Gasteiger charge is -2.15. The Bertz CT molecular complexity index is 426. The molecule has 2 unspecified atom stereocenters. The highest BCUT2D eigenvalue weighted by molar-refractivity contribution is 5.74. The minimum absolute atomic E-state index is 0.0899. The molecule has 0 saturated heterocycles. The third kappa shape index (κ3) is 6.52. The molecule has 3 N–H and O–H groups in total. The minimum atomic E-state index is -0.375. The zero-order valence-corrected chi connectivity index (χ0v) is 12.0. The quantitative estimate of drug-likeness (QED) is 0.718. The summed E-state index contributed by atoms with van der Waals surface area (Å²) in [6, 6.07) is 5.99. The van der Waals surface area contributed by atoms with Crippen molar-refractivity contribution in [3.8, 4) is 0 Å². The van der Waals surface area contributed by atoms with E-state index in [0.29, 0.717) is 25.8 Å². The summed E-state index contributed by atoms with van der Waals surface area (Å²) in [5.74, 6) is -0.271. The van der Waals surface area contributed by atoms with Gasteiger partial charge in [-0.05, 0) is 43.9 Å². The first kappa shape index (κ1) is 16.4. The average Bonchev–Trinajstić information content (AvgIpc) is 2.38. The molecule has 1 aromatic carbocycles. The third-order valence-electron chi connectivity index (χ3n) is 3.04. The van der Waals surface area contributed by atoms with E-state index in [1.165, 1.54) is 12.1 Å². The third-order valence-corrected chi connectivity index (χ3v) is 3.04. The van der Waals surface area contributed by atoms with Crippen molar-refractivity contribution in [3.63, 3.8) is 0 Å². The van der Waals surface area contributed by atoms with Gasteiger partial charge in [-0.15, -0.1) is 0 Å². The van der Waals surface area contributed by atoms with Gasteiger partial charge < -0.3 is 15.7 Å². The number of rotatable bonds is 7. The topological polar surface area (TPSA) is 61.4 Å². The molecule has 0 aromatic heterocycles. The van der Waals surface area contributed by atoms with Crippen LogP contribution < -0.4 is 10.6 Å². The zero-order chi connectivity index (χ0) is 15.0. The van der Waals surface area contributed by atoms with E-state index >= 15 is 0 Å². The van der Waals surface area contributed by atoms with Crippen LogP contribution in [0, 0.1) is 5.82 Å². The highest BCUT2D eigenvalue weighted by atomic mass is 19.1. The van der Waals surface area contributed by atoms with Crippen LogP contribution in [0.1, 0.15) is 32.3 Å². The molecule has 0 radical (unpaired) electrons. The summed E-state index contributed by atoms with van der Waals surface area (Å²) >= 11 is 0. The molecule has 0 aliphatic carbocycles. The van der Waals surface area contributed by atoms with Gasteiger partial charge in [0.1, 0.15) is 5.82 Å². The first-order valence-corrected chi connectivity index (χ1v) is 6.98. The molecule has 0 aliphatic rings. The molecule has 4 nitrogen and oxygen atoms in total. The molecule has 0 spiro atoms. The van der Waals surface area contributed by atoms with E-state index < -0.39 is 0 Å². The summed E-state index contributed by atoms with van der Waals surface area (Å²) in [4.78, 5) is 11.6. The Kier molecular flexibility index (Phi) is 7.01. The molecule has 0 heterocycles. The maximum Gasteiger partial charge on any atom is 0.315 e. The predicted octanol–water partition coefficient (Wildman–Crippen LogP) is 2.22. The van der Waals surface area contributed by atoms with E-state index in [1.807, 2.05) is 19.9 Å². The van der Waals surface area contributed by atoms with Gasteiger partial charge in [0.2, 0.25) is 0 Å². The molecular weight excluding hydrogens is 259 g/mol. The fourth-order valence-corrected chi connectivity index (χ4v) is 1.90. The molecule has 0 fully saturated rings. The van der Waals surface area contributed by atoms with E-state index in [-0.39, 0.29) is 24.0 Å². The number of hydrogen-bond donors (Lipinski definition) is 3. The van der Waals surface area contributed by atoms with Crippen molar-refractivity contribution in [2.24, 2.45) is 0 Å². The molecule has 112 valence electrons. The monoisotopic (exact) mass is 282 g/mol. The summed E-state index contributed by atoms with van der Waals surface area (Å²) in [7, 11) is 0. The van der Waals surface area contributed by atoms with Crippen molar-refractivity contribution in [1.29, 1.82) is 0 Å². The van der Waals surface area contributed by atoms with Gasteiger partial charge in [0, 0.05) is 12.6 Å². The Hall–Kier alpha value is -1.62. The second kappa shape index (κ2) is 8.53. The van der Waals surface area contributed by atoms with Gasteiger partial charge in [-0.25, -0.2) is 9.18 Å². The molecule has 20 heavy (non-hydrogen) atoms. The molecule has 2 amide bonds. The van der Waals surface area contributed by atoms with Crippen molar-refractivity contribution in [1.82, 2.24) is 10.6 Å². The summed E-state index contributed by atoms with van der Waals surface area (Å²) in [5.41, 5.74) is 0.846. The van der Waals surface area contributed by atoms with E-state index in [0.717, 1.165) is 5.56 Å². The first-order valence-electron chi connectivity index (χ1n) is 6.98. The van der Waals surface area contributed by atoms with Crippen LogP contribution in [0.25, 0.3) is 0 Å². The van der Waals surface area contributed by atoms with Crippen molar-refractivity contribution >= 4 is 6.03 Å². The lowest BCUT2D eigenvalue weighted by atomic mass is 10.1. The van der Waals surface area contributed by atoms with Crippen molar-refractivity contribution in [2.75, 3.05) is 6.54 Å². The number of nitrogens with one attached hydrogen (secondary N) is 2. The Balaban J connectivity index is 2.27. The summed E-state index contributed by atoms with van der Waals surface area (Å²) in [5, 5.41) is 14.8. The largest absolute Gasteiger partial charge is 0.393 e. The molecule has 1 rings (SSSR count). The van der Waals surface area contributed by atoms with Crippen molar-refractivity contribution < 1.29 is 14.3 Å². The predicted molar refractivity (Wildman–Crippen MR) is 77.0 cm³/mol. The van der Waals surface area contributed by atoms with Crippen LogP contribution in [0.4, 0.5) is 9.18 Å². The second-order valence-corrected chi connectivity index (χ2v) is 4.99. The highest BCUT2D eigenvalue weighted by Crippen LogP contribution is 2.06. The van der Waals surface area contributed by atoms with Gasteiger partial charge in [0.25, 0.3) is 0 Å². The second-order valence-electron chi connectivity index (χ2n) is 4.99. The van der Waals surface area contributed by atoms with Crippen LogP contribution in [0.5, 0.6) is 0 Å². The Morgan fingerprint density at radius 1 is 1.45 bits per heavy atom. The number of halogens is 1. The number of aliphatic hydroxyl groups is 1. The number of benzene rings is 1. The zero-order valence-electron chi connectivity index (χ0n) is 12.0. The van der Waals surface area contributed by atoms with Gasteiger partial charge >= 0.3 is 6.03 Å². The molecular formula is C15H23FN2O2. The SMILES string of the molecule is CCC(O)CCNC(=O)NC(C)Cc1cccc(F)c1. The molecule has 2 atom stereocenters. The summed E-state index contributed by atoms with van der Waals surface area (Å²) < 4.78 is 13.0. The van der Waals surface area contributed by atoms with Gasteiger partial charge in [-0.1, -0.05) is 19.1 Å². The van der Waals surface area contributed by atoms with Crippen LogP contribution in [0.15, 0.2) is 24.3 Å². The van der Waals surface area contributed by atoms with Crippen LogP contribution in [0.2, 0.25) is 0 Å². The van der Waals surface area contributed by atoms with Crippen LogP contribution in [-0.2, 0) is 6.42 Å². The van der Waals surface area contributed by atoms with Crippen LogP contribution >= 0.6 is 0 Å². The summed E-state index contributed by atoms with van der Waals surface area (Å²) in [6.07, 6.45) is 1.42. The Morgan fingerprint density at radius 2 is 2.20 bits per heavy atom. The number of carbonyl (C=O) groups is 1. The standard InChI is InChI=1S/C15H23FN2O2/c1-3-14(19)7-8-17-15(20)18-11(2)9-12-5-4-6-13(16)10-12/h4-6,10-11,14,19H,3,7-9H2,1-2H3,(H2,17,18,20). The molecule has 1 aromatic rings. The Labute approximate surface area is 119 Å². The van der Waals surface area contributed by atoms with E-state index in [2.05, 4.69) is 10.6 Å². The molecule has 5 heteroatoms. The van der Waals surface area contributed by atoms with Crippen molar-refractivity contribution in [3.05, 3.63) is 35.6 Å². The van der Waals surface area contributed by atoms with Crippen LogP contribution in [-0.4, -0.2) is 29.8 Å². The van der Waals surface area contributed by atoms with Gasteiger partial charge in [0.15, 0.2) is 0 Å². The van der Waals surface area contributed by atoms with Gasteiger partial charge in [-0.3, -0.25) is 0 Å². The fourth-order valence-electron chi connectivity index (χ4n) is 1.90. The number of hydrogen-bond acceptors (Lipinski definition) is 2. The van der Waals surface area contributed by atoms with Gasteiger partial charge in [-0.2, -0.15) is 0 Å². The normalized spacial score (nSPS) is 13.6. The fraction of sp³-hybridized carbons (Fsp3) is 0.533. The van der Waals surface area contributed by atoms with Gasteiger partial charge in [0.05, 0.1) is 6.10 Å². The van der Waals surface area contributed by atoms with Crippen LogP contribution in [0.3, 0.4) is 0 Å². The maximum atomic E-state index is 13.0. The number of urea groups is 1. The lowest BCUT2D eigenvalue weighted by molar-refractivity contribution is 0.160. The summed E-state index contributed by atoms with van der Waals surface area (Å²) in [6.45, 7) is 4.20. The van der Waals surface area contributed by atoms with E-state index in [9.17, 15) is 14.3 Å². The smallest absolute Gasteiger partial charge is 0.315 e. The minimum Gasteiger partial charge on any atom is -0.393 e.